The average Bonchev–Trinajstić information content (AvgIpc) is 2.76. The highest BCUT2D eigenvalue weighted by Gasteiger charge is 2.43. The number of rotatable bonds is 5. The molecule has 0 spiro atoms. The number of nitrogens with zero attached hydrogens (tertiary/aromatic N) is 1. The summed E-state index contributed by atoms with van der Waals surface area (Å²) in [5.41, 5.74) is 10.1. The molecule has 8 nitrogen and oxygen atoms in total. The number of aliphatic hydroxyl groups excluding tert-OH is 1. The van der Waals surface area contributed by atoms with Gasteiger partial charge in [-0.15, -0.1) is 0 Å². The minimum absolute atomic E-state index is 0.0335. The topological polar surface area (TPSA) is 139 Å². The molecule has 8 heteroatoms. The van der Waals surface area contributed by atoms with E-state index >= 15 is 0 Å². The third-order valence-electron chi connectivity index (χ3n) is 3.68. The first-order chi connectivity index (χ1) is 10.1. The molecular weight excluding hydrogens is 288 g/mol. The van der Waals surface area contributed by atoms with Crippen LogP contribution in [0.4, 0.5) is 0 Å². The minimum Gasteiger partial charge on any atom is -0.391 e. The number of likely N-dealkylation sites (tertiary alicyclic amines) is 1. The third kappa shape index (κ3) is 4.41. The van der Waals surface area contributed by atoms with Gasteiger partial charge in [0.15, 0.2) is 0 Å². The standard InChI is InChI=1S/C14H26N4O4/c1-14(2,3)11(17-10(20)4-5-15)13(22)18-7-8(19)6-9(18)12(16)21/h8-9,11,19H,4-7,15H2,1-3H3,(H2,16,21)(H,17,20)/t8-,9+,11-/m1/s1. The molecule has 6 N–H and O–H groups in total. The molecule has 1 rings (SSSR count). The first-order valence-electron chi connectivity index (χ1n) is 7.35. The molecule has 3 atom stereocenters. The number of primary amides is 1. The summed E-state index contributed by atoms with van der Waals surface area (Å²) in [5.74, 6) is -1.41. The zero-order valence-electron chi connectivity index (χ0n) is 13.3. The summed E-state index contributed by atoms with van der Waals surface area (Å²) in [5, 5.41) is 12.4. The van der Waals surface area contributed by atoms with Crippen molar-refractivity contribution in [3.8, 4) is 0 Å². The molecule has 1 heterocycles. The van der Waals surface area contributed by atoms with Crippen LogP contribution in [0.5, 0.6) is 0 Å². The highest BCUT2D eigenvalue weighted by atomic mass is 16.3. The number of nitrogens with one attached hydrogen (secondary N) is 1. The molecule has 3 amide bonds. The van der Waals surface area contributed by atoms with Crippen molar-refractivity contribution in [2.75, 3.05) is 13.1 Å². The van der Waals surface area contributed by atoms with Gasteiger partial charge in [0.2, 0.25) is 17.7 Å². The molecule has 0 aromatic rings. The Morgan fingerprint density at radius 3 is 2.41 bits per heavy atom. The highest BCUT2D eigenvalue weighted by molar-refractivity contribution is 5.92. The molecule has 0 bridgehead atoms. The van der Waals surface area contributed by atoms with Gasteiger partial charge in [-0.3, -0.25) is 14.4 Å². The van der Waals surface area contributed by atoms with Crippen molar-refractivity contribution in [3.05, 3.63) is 0 Å². The third-order valence-corrected chi connectivity index (χ3v) is 3.68. The van der Waals surface area contributed by atoms with E-state index in [0.717, 1.165) is 0 Å². The van der Waals surface area contributed by atoms with Crippen LogP contribution in [0, 0.1) is 5.41 Å². The van der Waals surface area contributed by atoms with Crippen LogP contribution in [0.15, 0.2) is 0 Å². The van der Waals surface area contributed by atoms with Gasteiger partial charge in [0.25, 0.3) is 0 Å². The Morgan fingerprint density at radius 2 is 1.95 bits per heavy atom. The smallest absolute Gasteiger partial charge is 0.246 e. The normalized spacial score (nSPS) is 23.2. The van der Waals surface area contributed by atoms with Crippen LogP contribution in [-0.2, 0) is 14.4 Å². The molecule has 1 saturated heterocycles. The van der Waals surface area contributed by atoms with Crippen molar-refractivity contribution in [1.29, 1.82) is 0 Å². The van der Waals surface area contributed by atoms with Crippen molar-refractivity contribution in [2.24, 2.45) is 16.9 Å². The van der Waals surface area contributed by atoms with E-state index in [1.165, 1.54) is 4.90 Å². The summed E-state index contributed by atoms with van der Waals surface area (Å²) in [4.78, 5) is 37.3. The van der Waals surface area contributed by atoms with Gasteiger partial charge in [-0.25, -0.2) is 0 Å². The van der Waals surface area contributed by atoms with E-state index in [9.17, 15) is 19.5 Å². The highest BCUT2D eigenvalue weighted by Crippen LogP contribution is 2.25. The van der Waals surface area contributed by atoms with Gasteiger partial charge in [0, 0.05) is 25.9 Å². The van der Waals surface area contributed by atoms with Crippen molar-refractivity contribution >= 4 is 17.7 Å². The van der Waals surface area contributed by atoms with Gasteiger partial charge in [-0.1, -0.05) is 20.8 Å². The maximum absolute atomic E-state index is 12.8. The van der Waals surface area contributed by atoms with E-state index in [4.69, 9.17) is 11.5 Å². The molecule has 0 aromatic carbocycles. The molecule has 0 unspecified atom stereocenters. The van der Waals surface area contributed by atoms with Gasteiger partial charge >= 0.3 is 0 Å². The second-order valence-electron chi connectivity index (χ2n) is 6.70. The Morgan fingerprint density at radius 1 is 1.36 bits per heavy atom. The summed E-state index contributed by atoms with van der Waals surface area (Å²) in [6.45, 7) is 5.65. The van der Waals surface area contributed by atoms with Crippen molar-refractivity contribution in [1.82, 2.24) is 10.2 Å². The molecule has 1 aliphatic rings. The van der Waals surface area contributed by atoms with Crippen LogP contribution in [0.3, 0.4) is 0 Å². The molecule has 1 aliphatic heterocycles. The number of hydrogen-bond donors (Lipinski definition) is 4. The summed E-state index contributed by atoms with van der Waals surface area (Å²) in [6.07, 6.45) is -0.557. The summed E-state index contributed by atoms with van der Waals surface area (Å²) < 4.78 is 0. The van der Waals surface area contributed by atoms with E-state index in [1.54, 1.807) is 0 Å². The van der Waals surface area contributed by atoms with Crippen LogP contribution in [0.2, 0.25) is 0 Å². The number of aliphatic hydroxyl groups is 1. The lowest BCUT2D eigenvalue weighted by Gasteiger charge is -2.35. The van der Waals surface area contributed by atoms with E-state index < -0.39 is 35.4 Å². The van der Waals surface area contributed by atoms with E-state index in [-0.39, 0.29) is 31.8 Å². The summed E-state index contributed by atoms with van der Waals surface area (Å²) in [7, 11) is 0. The maximum Gasteiger partial charge on any atom is 0.246 e. The maximum atomic E-state index is 12.8. The molecule has 1 fully saturated rings. The van der Waals surface area contributed by atoms with Crippen molar-refractivity contribution < 1.29 is 19.5 Å². The van der Waals surface area contributed by atoms with Crippen LogP contribution >= 0.6 is 0 Å². The number of hydrogen-bond acceptors (Lipinski definition) is 5. The van der Waals surface area contributed by atoms with E-state index in [0.29, 0.717) is 0 Å². The Hall–Kier alpha value is -1.67. The van der Waals surface area contributed by atoms with E-state index in [2.05, 4.69) is 5.32 Å². The lowest BCUT2D eigenvalue weighted by atomic mass is 9.85. The van der Waals surface area contributed by atoms with E-state index in [1.807, 2.05) is 20.8 Å². The fraction of sp³-hybridized carbons (Fsp3) is 0.786. The predicted octanol–water partition coefficient (Wildman–Crippen LogP) is -1.69. The van der Waals surface area contributed by atoms with Crippen LogP contribution in [0.1, 0.15) is 33.6 Å². The summed E-state index contributed by atoms with van der Waals surface area (Å²) in [6, 6.07) is -1.67. The lowest BCUT2D eigenvalue weighted by molar-refractivity contribution is -0.143. The predicted molar refractivity (Wildman–Crippen MR) is 80.4 cm³/mol. The monoisotopic (exact) mass is 314 g/mol. The van der Waals surface area contributed by atoms with Gasteiger partial charge in [0.05, 0.1) is 6.10 Å². The van der Waals surface area contributed by atoms with Crippen LogP contribution in [0.25, 0.3) is 0 Å². The van der Waals surface area contributed by atoms with Crippen LogP contribution < -0.4 is 16.8 Å². The second kappa shape index (κ2) is 7.06. The Balaban J connectivity index is 2.96. The molecule has 0 saturated carbocycles. The fourth-order valence-electron chi connectivity index (χ4n) is 2.51. The summed E-state index contributed by atoms with van der Waals surface area (Å²) >= 11 is 0. The number of carbonyl (C=O) groups is 3. The van der Waals surface area contributed by atoms with Gasteiger partial charge in [0.1, 0.15) is 12.1 Å². The number of β-amino-alcohol motifs (C(OH)–C–C–N with tert-alkyl or cyclic N) is 1. The van der Waals surface area contributed by atoms with Crippen molar-refractivity contribution in [3.63, 3.8) is 0 Å². The van der Waals surface area contributed by atoms with Crippen LogP contribution in [-0.4, -0.2) is 59.0 Å². The quantitative estimate of drug-likeness (QED) is 0.480. The van der Waals surface area contributed by atoms with Gasteiger partial charge in [-0.2, -0.15) is 0 Å². The molecule has 22 heavy (non-hydrogen) atoms. The minimum atomic E-state index is -0.848. The zero-order chi connectivity index (χ0) is 17.1. The second-order valence-corrected chi connectivity index (χ2v) is 6.70. The average molecular weight is 314 g/mol. The molecule has 0 aliphatic carbocycles. The number of carbonyl (C=O) groups excluding carboxylic acids is 3. The molecule has 0 aromatic heterocycles. The Kier molecular flexibility index (Phi) is 5.90. The number of amides is 3. The Labute approximate surface area is 130 Å². The molecule has 126 valence electrons. The first kappa shape index (κ1) is 18.4. The largest absolute Gasteiger partial charge is 0.391 e. The molecular formula is C14H26N4O4. The SMILES string of the molecule is CC(C)(C)[C@H](NC(=O)CCN)C(=O)N1C[C@H](O)C[C@H]1C(N)=O. The Bertz CT molecular complexity index is 447. The zero-order valence-corrected chi connectivity index (χ0v) is 13.3. The first-order valence-corrected chi connectivity index (χ1v) is 7.35. The fourth-order valence-corrected chi connectivity index (χ4v) is 2.51. The lowest BCUT2D eigenvalue weighted by Crippen LogP contribution is -2.57. The van der Waals surface area contributed by atoms with Gasteiger partial charge < -0.3 is 26.8 Å². The van der Waals surface area contributed by atoms with Crippen molar-refractivity contribution in [2.45, 2.75) is 51.8 Å². The molecule has 0 radical (unpaired) electrons. The van der Waals surface area contributed by atoms with Gasteiger partial charge in [-0.05, 0) is 5.41 Å². The number of nitrogens with two attached hydrogens (primary N) is 2.